The van der Waals surface area contributed by atoms with E-state index < -0.39 is 26.6 Å². The van der Waals surface area contributed by atoms with E-state index in [-0.39, 0.29) is 50.0 Å². The Hall–Kier alpha value is -2.07. The summed E-state index contributed by atoms with van der Waals surface area (Å²) in [5, 5.41) is 2.86. The highest BCUT2D eigenvalue weighted by atomic mass is 32.2. The molecule has 2 amide bonds. The van der Waals surface area contributed by atoms with Crippen molar-refractivity contribution < 1.29 is 26.8 Å². The highest BCUT2D eigenvalue weighted by Gasteiger charge is 2.54. The maximum atomic E-state index is 14.0. The topological polar surface area (TPSA) is 86.8 Å². The number of piperazine rings is 1. The summed E-state index contributed by atoms with van der Waals surface area (Å²) in [5.41, 5.74) is -0.323. The molecule has 0 unspecified atom stereocenters. The zero-order chi connectivity index (χ0) is 23.4. The first-order valence-electron chi connectivity index (χ1n) is 11.7. The molecule has 4 saturated carbocycles. The van der Waals surface area contributed by atoms with Gasteiger partial charge < -0.3 is 10.2 Å². The predicted molar refractivity (Wildman–Crippen MR) is 115 cm³/mol. The molecule has 0 radical (unpaired) electrons. The average molecular weight is 482 g/mol. The maximum absolute atomic E-state index is 14.0. The van der Waals surface area contributed by atoms with E-state index in [2.05, 4.69) is 5.32 Å². The molecule has 33 heavy (non-hydrogen) atoms. The molecule has 1 heterocycles. The molecule has 180 valence electrons. The van der Waals surface area contributed by atoms with Gasteiger partial charge in [0.1, 0.15) is 16.5 Å². The summed E-state index contributed by atoms with van der Waals surface area (Å²) in [6, 6.07) is 2.32. The molecule has 1 aromatic carbocycles. The van der Waals surface area contributed by atoms with Crippen LogP contribution in [0.4, 0.5) is 8.78 Å². The summed E-state index contributed by atoms with van der Waals surface area (Å²) in [6.45, 7) is 0.107. The second kappa shape index (κ2) is 8.30. The lowest BCUT2D eigenvalue weighted by atomic mass is 9.49. The number of benzene rings is 1. The number of carbonyl (C=O) groups is 2. The van der Waals surface area contributed by atoms with Gasteiger partial charge in [-0.3, -0.25) is 9.59 Å². The molecule has 4 bridgehead atoms. The second-order valence-electron chi connectivity index (χ2n) is 10.2. The number of amides is 2. The van der Waals surface area contributed by atoms with Crippen molar-refractivity contribution in [3.05, 3.63) is 29.8 Å². The van der Waals surface area contributed by atoms with Crippen LogP contribution in [0.3, 0.4) is 0 Å². The van der Waals surface area contributed by atoms with Gasteiger partial charge in [0.15, 0.2) is 0 Å². The molecule has 0 spiro atoms. The SMILES string of the molecule is O=C(CNC(=O)C12CC3CC(CC(C3)C1)C2)N1CCN(S(=O)(=O)c2cc(F)ccc2F)CC1. The van der Waals surface area contributed by atoms with Crippen molar-refractivity contribution in [1.29, 1.82) is 0 Å². The minimum absolute atomic E-state index is 0.0160. The van der Waals surface area contributed by atoms with Crippen molar-refractivity contribution in [3.8, 4) is 0 Å². The summed E-state index contributed by atoms with van der Waals surface area (Å²) < 4.78 is 53.9. The van der Waals surface area contributed by atoms with Crippen LogP contribution in [0.1, 0.15) is 38.5 Å². The Bertz CT molecular complexity index is 1030. The third kappa shape index (κ3) is 4.16. The van der Waals surface area contributed by atoms with Crippen molar-refractivity contribution in [2.75, 3.05) is 32.7 Å². The van der Waals surface area contributed by atoms with E-state index >= 15 is 0 Å². The lowest BCUT2D eigenvalue weighted by Crippen LogP contribution is -2.56. The molecule has 1 aliphatic heterocycles. The molecule has 6 rings (SSSR count). The standard InChI is InChI=1S/C23H29F2N3O4S/c24-18-1-2-19(25)20(10-18)33(31,32)28-5-3-27(4-6-28)21(29)14-26-22(30)23-11-15-7-16(12-23)9-17(8-15)13-23/h1-2,10,15-17H,3-9,11-14H2,(H,26,30). The van der Waals surface area contributed by atoms with E-state index in [4.69, 9.17) is 0 Å². The summed E-state index contributed by atoms with van der Waals surface area (Å²) >= 11 is 0. The van der Waals surface area contributed by atoms with E-state index in [1.807, 2.05) is 0 Å². The number of sulfonamides is 1. The minimum Gasteiger partial charge on any atom is -0.347 e. The number of hydrogen-bond acceptors (Lipinski definition) is 4. The molecule has 1 N–H and O–H groups in total. The molecule has 0 aromatic heterocycles. The summed E-state index contributed by atoms with van der Waals surface area (Å²) in [6.07, 6.45) is 6.47. The van der Waals surface area contributed by atoms with Gasteiger partial charge in [-0.1, -0.05) is 0 Å². The first-order valence-corrected chi connectivity index (χ1v) is 13.1. The molecular formula is C23H29F2N3O4S. The smallest absolute Gasteiger partial charge is 0.246 e. The van der Waals surface area contributed by atoms with Gasteiger partial charge in [0.2, 0.25) is 21.8 Å². The van der Waals surface area contributed by atoms with Crippen LogP contribution in [0.15, 0.2) is 23.1 Å². The number of rotatable bonds is 5. The van der Waals surface area contributed by atoms with Crippen molar-refractivity contribution in [1.82, 2.24) is 14.5 Å². The van der Waals surface area contributed by atoms with Crippen LogP contribution in [0.5, 0.6) is 0 Å². The third-order valence-electron chi connectivity index (χ3n) is 8.02. The Morgan fingerprint density at radius 1 is 0.970 bits per heavy atom. The van der Waals surface area contributed by atoms with Gasteiger partial charge in [0.25, 0.3) is 0 Å². The van der Waals surface area contributed by atoms with E-state index in [0.29, 0.717) is 23.8 Å². The van der Waals surface area contributed by atoms with Gasteiger partial charge in [-0.15, -0.1) is 0 Å². The van der Waals surface area contributed by atoms with Gasteiger partial charge >= 0.3 is 0 Å². The Labute approximate surface area is 192 Å². The van der Waals surface area contributed by atoms with Gasteiger partial charge in [0, 0.05) is 31.6 Å². The number of nitrogens with one attached hydrogen (secondary N) is 1. The van der Waals surface area contributed by atoms with Crippen LogP contribution in [-0.2, 0) is 19.6 Å². The van der Waals surface area contributed by atoms with Gasteiger partial charge in [0.05, 0.1) is 6.54 Å². The maximum Gasteiger partial charge on any atom is 0.246 e. The zero-order valence-corrected chi connectivity index (χ0v) is 19.3. The van der Waals surface area contributed by atoms with Crippen molar-refractivity contribution >= 4 is 21.8 Å². The molecule has 4 aliphatic carbocycles. The normalized spacial score (nSPS) is 31.6. The summed E-state index contributed by atoms with van der Waals surface area (Å²) in [4.78, 5) is 26.5. The van der Waals surface area contributed by atoms with Crippen molar-refractivity contribution in [2.24, 2.45) is 23.2 Å². The highest BCUT2D eigenvalue weighted by molar-refractivity contribution is 7.89. The summed E-state index contributed by atoms with van der Waals surface area (Å²) in [7, 11) is -4.21. The second-order valence-corrected chi connectivity index (χ2v) is 12.1. The highest BCUT2D eigenvalue weighted by Crippen LogP contribution is 2.60. The lowest BCUT2D eigenvalue weighted by Gasteiger charge is -2.55. The molecule has 1 aromatic rings. The van der Waals surface area contributed by atoms with Gasteiger partial charge in [-0.05, 0) is 74.5 Å². The monoisotopic (exact) mass is 481 g/mol. The Balaban J connectivity index is 1.15. The first kappa shape index (κ1) is 22.7. The number of nitrogens with zero attached hydrogens (tertiary/aromatic N) is 2. The van der Waals surface area contributed by atoms with Crippen LogP contribution in [0.2, 0.25) is 0 Å². The van der Waals surface area contributed by atoms with Crippen LogP contribution in [0.25, 0.3) is 0 Å². The lowest BCUT2D eigenvalue weighted by molar-refractivity contribution is -0.148. The van der Waals surface area contributed by atoms with Gasteiger partial charge in [-0.2, -0.15) is 4.31 Å². The molecule has 5 aliphatic rings. The fourth-order valence-electron chi connectivity index (χ4n) is 6.84. The Morgan fingerprint density at radius 3 is 2.12 bits per heavy atom. The molecule has 10 heteroatoms. The molecular weight excluding hydrogens is 452 g/mol. The van der Waals surface area contributed by atoms with E-state index in [9.17, 15) is 26.8 Å². The third-order valence-corrected chi connectivity index (χ3v) is 9.94. The zero-order valence-electron chi connectivity index (χ0n) is 18.4. The average Bonchev–Trinajstić information content (AvgIpc) is 2.78. The van der Waals surface area contributed by atoms with Crippen LogP contribution < -0.4 is 5.32 Å². The summed E-state index contributed by atoms with van der Waals surface area (Å²) in [5.74, 6) is -0.220. The predicted octanol–water partition coefficient (Wildman–Crippen LogP) is 2.13. The first-order chi connectivity index (χ1) is 15.7. The number of halogens is 2. The molecule has 1 saturated heterocycles. The fourth-order valence-corrected chi connectivity index (χ4v) is 8.33. The van der Waals surface area contributed by atoms with E-state index in [1.54, 1.807) is 0 Å². The molecule has 5 fully saturated rings. The van der Waals surface area contributed by atoms with Crippen LogP contribution in [0, 0.1) is 34.8 Å². The number of carbonyl (C=O) groups excluding carboxylic acids is 2. The molecule has 0 atom stereocenters. The Kier molecular flexibility index (Phi) is 5.71. The van der Waals surface area contributed by atoms with Crippen molar-refractivity contribution in [3.63, 3.8) is 0 Å². The fraction of sp³-hybridized carbons (Fsp3) is 0.652. The van der Waals surface area contributed by atoms with Crippen LogP contribution >= 0.6 is 0 Å². The van der Waals surface area contributed by atoms with Gasteiger partial charge in [-0.25, -0.2) is 17.2 Å². The van der Waals surface area contributed by atoms with E-state index in [1.165, 1.54) is 24.2 Å². The van der Waals surface area contributed by atoms with Crippen molar-refractivity contribution in [2.45, 2.75) is 43.4 Å². The largest absolute Gasteiger partial charge is 0.347 e. The number of hydrogen-bond donors (Lipinski definition) is 1. The Morgan fingerprint density at radius 2 is 1.55 bits per heavy atom. The quantitative estimate of drug-likeness (QED) is 0.698. The minimum atomic E-state index is -4.21. The molecule has 7 nitrogen and oxygen atoms in total. The van der Waals surface area contributed by atoms with E-state index in [0.717, 1.165) is 35.7 Å². The van der Waals surface area contributed by atoms with Crippen LogP contribution in [-0.4, -0.2) is 62.2 Å².